The normalized spacial score (nSPS) is 27.1. The summed E-state index contributed by atoms with van der Waals surface area (Å²) < 4.78 is 29.8. The Hall–Kier alpha value is 0.350. The minimum absolute atomic E-state index is 0.00340. The molecule has 0 amide bonds. The second kappa shape index (κ2) is 4.72. The first-order valence-electron chi connectivity index (χ1n) is 4.21. The zero-order chi connectivity index (χ0) is 9.90. The van der Waals surface area contributed by atoms with Gasteiger partial charge in [0.1, 0.15) is 4.66 Å². The van der Waals surface area contributed by atoms with Gasteiger partial charge in [-0.3, -0.25) is 0 Å². The van der Waals surface area contributed by atoms with Crippen LogP contribution >= 0.6 is 15.9 Å². The summed E-state index contributed by atoms with van der Waals surface area (Å²) in [4.78, 5) is 0. The van der Waals surface area contributed by atoms with Crippen LogP contribution < -0.4 is 0 Å². The third kappa shape index (κ3) is 3.19. The lowest BCUT2D eigenvalue weighted by molar-refractivity contribution is 0.0752. The summed E-state index contributed by atoms with van der Waals surface area (Å²) in [6.45, 7) is 3.57. The van der Waals surface area contributed by atoms with Crippen LogP contribution in [0.2, 0.25) is 0 Å². The van der Waals surface area contributed by atoms with Gasteiger partial charge in [-0.25, -0.2) is 8.42 Å². The summed E-state index contributed by atoms with van der Waals surface area (Å²) in [5.74, 6) is 0. The van der Waals surface area contributed by atoms with Gasteiger partial charge in [-0.1, -0.05) is 15.9 Å². The topological polar surface area (TPSA) is 46.6 Å². The highest BCUT2D eigenvalue weighted by Gasteiger charge is 2.24. The second-order valence-corrected chi connectivity index (χ2v) is 6.39. The number of alkyl halides is 1. The van der Waals surface area contributed by atoms with E-state index in [1.165, 1.54) is 4.31 Å². The van der Waals surface area contributed by atoms with Crippen LogP contribution in [-0.4, -0.2) is 43.2 Å². The molecule has 1 atom stereocenters. The SMILES string of the molecule is CC1CN(S(=O)(=O)CBr)CCCO1. The van der Waals surface area contributed by atoms with E-state index in [9.17, 15) is 8.42 Å². The molecule has 1 rings (SSSR count). The molecule has 1 aliphatic rings. The lowest BCUT2D eigenvalue weighted by Crippen LogP contribution is -2.36. The number of rotatable bonds is 2. The first kappa shape index (κ1) is 11.4. The van der Waals surface area contributed by atoms with Gasteiger partial charge in [0, 0.05) is 19.7 Å². The fourth-order valence-electron chi connectivity index (χ4n) is 1.28. The molecule has 13 heavy (non-hydrogen) atoms. The molecule has 1 unspecified atom stereocenters. The molecule has 0 bridgehead atoms. The van der Waals surface area contributed by atoms with Crippen molar-refractivity contribution in [3.05, 3.63) is 0 Å². The van der Waals surface area contributed by atoms with Gasteiger partial charge in [0.05, 0.1) is 6.10 Å². The van der Waals surface area contributed by atoms with Crippen molar-refractivity contribution < 1.29 is 13.2 Å². The highest BCUT2D eigenvalue weighted by molar-refractivity contribution is 9.10. The summed E-state index contributed by atoms with van der Waals surface area (Å²) in [5, 5.41) is 0. The minimum atomic E-state index is -3.11. The number of nitrogens with zero attached hydrogens (tertiary/aromatic N) is 1. The Morgan fingerprint density at radius 2 is 2.31 bits per heavy atom. The predicted molar refractivity (Wildman–Crippen MR) is 54.3 cm³/mol. The molecular weight excluding hydrogens is 258 g/mol. The van der Waals surface area contributed by atoms with Crippen LogP contribution in [-0.2, 0) is 14.8 Å². The van der Waals surface area contributed by atoms with Gasteiger partial charge >= 0.3 is 0 Å². The molecule has 0 aromatic rings. The lowest BCUT2D eigenvalue weighted by atomic mass is 10.4. The molecular formula is C7H14BrNO3S. The molecule has 1 saturated heterocycles. The first-order chi connectivity index (χ1) is 6.06. The third-order valence-electron chi connectivity index (χ3n) is 1.95. The van der Waals surface area contributed by atoms with Gasteiger partial charge in [-0.2, -0.15) is 4.31 Å². The number of halogens is 1. The predicted octanol–water partition coefficient (Wildman–Crippen LogP) is 0.779. The van der Waals surface area contributed by atoms with Crippen molar-refractivity contribution in [3.8, 4) is 0 Å². The Morgan fingerprint density at radius 1 is 1.62 bits per heavy atom. The molecule has 6 heteroatoms. The summed E-state index contributed by atoms with van der Waals surface area (Å²) in [5.41, 5.74) is 0. The monoisotopic (exact) mass is 271 g/mol. The van der Waals surface area contributed by atoms with E-state index >= 15 is 0 Å². The van der Waals surface area contributed by atoms with E-state index in [0.29, 0.717) is 19.7 Å². The van der Waals surface area contributed by atoms with E-state index < -0.39 is 10.0 Å². The molecule has 0 N–H and O–H groups in total. The van der Waals surface area contributed by atoms with Crippen molar-refractivity contribution in [2.24, 2.45) is 0 Å². The Kier molecular flexibility index (Phi) is 4.15. The number of sulfonamides is 1. The highest BCUT2D eigenvalue weighted by atomic mass is 79.9. The standard InChI is InChI=1S/C7H14BrNO3S/c1-7-5-9(3-2-4-12-7)13(10,11)6-8/h7H,2-6H2,1H3. The molecule has 0 radical (unpaired) electrons. The largest absolute Gasteiger partial charge is 0.377 e. The maximum atomic E-state index is 11.5. The van der Waals surface area contributed by atoms with Gasteiger partial charge in [-0.05, 0) is 13.3 Å². The maximum absolute atomic E-state index is 11.5. The van der Waals surface area contributed by atoms with Crippen LogP contribution in [0.4, 0.5) is 0 Å². The van der Waals surface area contributed by atoms with E-state index in [4.69, 9.17) is 4.74 Å². The molecule has 1 aliphatic heterocycles. The van der Waals surface area contributed by atoms with Crippen molar-refractivity contribution in [3.63, 3.8) is 0 Å². The molecule has 1 heterocycles. The quantitative estimate of drug-likeness (QED) is 0.698. The Bertz CT molecular complexity index is 254. The van der Waals surface area contributed by atoms with Gasteiger partial charge < -0.3 is 4.74 Å². The lowest BCUT2D eigenvalue weighted by Gasteiger charge is -2.19. The molecule has 0 spiro atoms. The van der Waals surface area contributed by atoms with Gasteiger partial charge in [-0.15, -0.1) is 0 Å². The molecule has 0 saturated carbocycles. The molecule has 0 aromatic carbocycles. The van der Waals surface area contributed by atoms with E-state index in [1.54, 1.807) is 0 Å². The molecule has 0 aliphatic carbocycles. The average molecular weight is 272 g/mol. The Morgan fingerprint density at radius 3 is 2.92 bits per heavy atom. The summed E-state index contributed by atoms with van der Waals surface area (Å²) >= 11 is 2.98. The number of hydrogen-bond donors (Lipinski definition) is 0. The third-order valence-corrected chi connectivity index (χ3v) is 5.08. The van der Waals surface area contributed by atoms with Crippen molar-refractivity contribution in [1.82, 2.24) is 4.31 Å². The van der Waals surface area contributed by atoms with Crippen LogP contribution in [0.15, 0.2) is 0 Å². The van der Waals surface area contributed by atoms with Gasteiger partial charge in [0.15, 0.2) is 0 Å². The summed E-state index contributed by atoms with van der Waals surface area (Å²) in [6.07, 6.45) is 0.771. The molecule has 78 valence electrons. The second-order valence-electron chi connectivity index (χ2n) is 3.11. The summed E-state index contributed by atoms with van der Waals surface area (Å²) in [7, 11) is -3.11. The van der Waals surface area contributed by atoms with Gasteiger partial charge in [0.25, 0.3) is 0 Å². The van der Waals surface area contributed by atoms with Crippen molar-refractivity contribution >= 4 is 26.0 Å². The van der Waals surface area contributed by atoms with Gasteiger partial charge in [0.2, 0.25) is 10.0 Å². The Labute approximate surface area is 87.4 Å². The number of hydrogen-bond acceptors (Lipinski definition) is 3. The van der Waals surface area contributed by atoms with Crippen LogP contribution in [0.5, 0.6) is 0 Å². The first-order valence-corrected chi connectivity index (χ1v) is 6.94. The fourth-order valence-corrected chi connectivity index (χ4v) is 3.13. The average Bonchev–Trinajstić information content (AvgIpc) is 2.30. The van der Waals surface area contributed by atoms with Crippen LogP contribution in [0, 0.1) is 0 Å². The van der Waals surface area contributed by atoms with E-state index in [2.05, 4.69) is 15.9 Å². The zero-order valence-corrected chi connectivity index (χ0v) is 9.97. The number of ether oxygens (including phenoxy) is 1. The van der Waals surface area contributed by atoms with Crippen LogP contribution in [0.1, 0.15) is 13.3 Å². The van der Waals surface area contributed by atoms with Crippen LogP contribution in [0.3, 0.4) is 0 Å². The highest BCUT2D eigenvalue weighted by Crippen LogP contribution is 2.11. The molecule has 0 aromatic heterocycles. The van der Waals surface area contributed by atoms with Crippen molar-refractivity contribution in [2.45, 2.75) is 19.4 Å². The molecule has 1 fully saturated rings. The maximum Gasteiger partial charge on any atom is 0.224 e. The van der Waals surface area contributed by atoms with Crippen molar-refractivity contribution in [2.75, 3.05) is 24.4 Å². The van der Waals surface area contributed by atoms with E-state index in [0.717, 1.165) is 6.42 Å². The zero-order valence-electron chi connectivity index (χ0n) is 7.57. The smallest absolute Gasteiger partial charge is 0.224 e. The fraction of sp³-hybridized carbons (Fsp3) is 1.00. The van der Waals surface area contributed by atoms with E-state index in [-0.39, 0.29) is 10.8 Å². The van der Waals surface area contributed by atoms with Crippen molar-refractivity contribution in [1.29, 1.82) is 0 Å². The Balaban J connectivity index is 2.68. The van der Waals surface area contributed by atoms with Crippen LogP contribution in [0.25, 0.3) is 0 Å². The molecule has 4 nitrogen and oxygen atoms in total. The minimum Gasteiger partial charge on any atom is -0.377 e. The van der Waals surface area contributed by atoms with E-state index in [1.807, 2.05) is 6.92 Å². The summed E-state index contributed by atoms with van der Waals surface area (Å²) in [6, 6.07) is 0.